The molecular formula is C26H21BrN2O3. The molecule has 0 aliphatic rings. The molecule has 1 N–H and O–H groups in total. The summed E-state index contributed by atoms with van der Waals surface area (Å²) >= 11 is 3.55. The van der Waals surface area contributed by atoms with Crippen LogP contribution in [-0.4, -0.2) is 18.7 Å². The summed E-state index contributed by atoms with van der Waals surface area (Å²) in [7, 11) is 0. The van der Waals surface area contributed by atoms with E-state index in [-0.39, 0.29) is 12.5 Å². The molecule has 6 heteroatoms. The lowest BCUT2D eigenvalue weighted by atomic mass is 10.1. The SMILES string of the molecule is O=C(COc1ccc2ccccc2c1Br)N/N=C/c1cccc(OCc2ccccc2)c1. The number of rotatable bonds is 8. The van der Waals surface area contributed by atoms with E-state index in [9.17, 15) is 4.79 Å². The van der Waals surface area contributed by atoms with E-state index in [0.717, 1.165) is 32.1 Å². The molecule has 0 saturated carbocycles. The van der Waals surface area contributed by atoms with E-state index >= 15 is 0 Å². The van der Waals surface area contributed by atoms with Gasteiger partial charge in [-0.15, -0.1) is 0 Å². The lowest BCUT2D eigenvalue weighted by Crippen LogP contribution is -2.24. The second-order valence-electron chi connectivity index (χ2n) is 7.03. The standard InChI is InChI=1S/C26H21BrN2O3/c27-26-23-12-5-4-10-21(23)13-14-24(26)32-18-25(30)29-28-16-20-9-6-11-22(15-20)31-17-19-7-2-1-3-8-19/h1-16H,17-18H2,(H,29,30)/b28-16+. The number of hydrogen-bond donors (Lipinski definition) is 1. The number of halogens is 1. The van der Waals surface area contributed by atoms with Crippen molar-refractivity contribution in [2.45, 2.75) is 6.61 Å². The molecule has 0 saturated heterocycles. The van der Waals surface area contributed by atoms with Gasteiger partial charge in [0.2, 0.25) is 0 Å². The number of hydrazone groups is 1. The Morgan fingerprint density at radius 1 is 0.906 bits per heavy atom. The second kappa shape index (κ2) is 10.6. The van der Waals surface area contributed by atoms with Crippen LogP contribution in [0.2, 0.25) is 0 Å². The zero-order chi connectivity index (χ0) is 22.2. The molecule has 0 heterocycles. The molecule has 0 radical (unpaired) electrons. The minimum absolute atomic E-state index is 0.144. The average Bonchev–Trinajstić information content (AvgIpc) is 2.83. The third-order valence-corrected chi connectivity index (χ3v) is 5.51. The molecule has 32 heavy (non-hydrogen) atoms. The zero-order valence-electron chi connectivity index (χ0n) is 17.2. The van der Waals surface area contributed by atoms with Gasteiger partial charge in [-0.2, -0.15) is 5.10 Å². The number of hydrogen-bond acceptors (Lipinski definition) is 4. The Labute approximate surface area is 194 Å². The molecule has 4 rings (SSSR count). The van der Waals surface area contributed by atoms with Gasteiger partial charge in [-0.05, 0) is 56.0 Å². The monoisotopic (exact) mass is 488 g/mol. The lowest BCUT2D eigenvalue weighted by molar-refractivity contribution is -0.123. The van der Waals surface area contributed by atoms with Crippen LogP contribution in [0, 0.1) is 0 Å². The number of nitrogens with one attached hydrogen (secondary N) is 1. The smallest absolute Gasteiger partial charge is 0.277 e. The maximum Gasteiger partial charge on any atom is 0.277 e. The van der Waals surface area contributed by atoms with Crippen LogP contribution in [0.3, 0.4) is 0 Å². The molecule has 4 aromatic carbocycles. The van der Waals surface area contributed by atoms with Crippen LogP contribution in [0.4, 0.5) is 0 Å². The summed E-state index contributed by atoms with van der Waals surface area (Å²) < 4.78 is 12.3. The third kappa shape index (κ3) is 5.74. The highest BCUT2D eigenvalue weighted by Crippen LogP contribution is 2.32. The molecule has 1 amide bonds. The summed E-state index contributed by atoms with van der Waals surface area (Å²) in [5.41, 5.74) is 4.39. The molecule has 0 aliphatic heterocycles. The Bertz CT molecular complexity index is 1240. The molecule has 0 spiro atoms. The maximum atomic E-state index is 12.1. The van der Waals surface area contributed by atoms with Gasteiger partial charge in [0.1, 0.15) is 18.1 Å². The van der Waals surface area contributed by atoms with E-state index in [1.807, 2.05) is 91.0 Å². The van der Waals surface area contributed by atoms with E-state index in [4.69, 9.17) is 9.47 Å². The number of amides is 1. The summed E-state index contributed by atoms with van der Waals surface area (Å²) in [6.45, 7) is 0.342. The molecule has 0 aromatic heterocycles. The normalized spacial score (nSPS) is 10.9. The van der Waals surface area contributed by atoms with Crippen LogP contribution in [0.15, 0.2) is 101 Å². The maximum absolute atomic E-state index is 12.1. The van der Waals surface area contributed by atoms with Gasteiger partial charge in [-0.3, -0.25) is 4.79 Å². The largest absolute Gasteiger partial charge is 0.489 e. The van der Waals surface area contributed by atoms with Crippen LogP contribution in [0.25, 0.3) is 10.8 Å². The molecule has 160 valence electrons. The highest BCUT2D eigenvalue weighted by Gasteiger charge is 2.08. The van der Waals surface area contributed by atoms with Gasteiger partial charge in [-0.25, -0.2) is 5.43 Å². The second-order valence-corrected chi connectivity index (χ2v) is 7.82. The topological polar surface area (TPSA) is 59.9 Å². The summed E-state index contributed by atoms with van der Waals surface area (Å²) in [4.78, 5) is 12.1. The van der Waals surface area contributed by atoms with Crippen molar-refractivity contribution in [2.75, 3.05) is 6.61 Å². The van der Waals surface area contributed by atoms with Gasteiger partial charge in [0.15, 0.2) is 6.61 Å². The zero-order valence-corrected chi connectivity index (χ0v) is 18.8. The van der Waals surface area contributed by atoms with Crippen LogP contribution < -0.4 is 14.9 Å². The quantitative estimate of drug-likeness (QED) is 0.255. The Morgan fingerprint density at radius 3 is 2.59 bits per heavy atom. The third-order valence-electron chi connectivity index (χ3n) is 4.70. The van der Waals surface area contributed by atoms with Crippen LogP contribution in [0.1, 0.15) is 11.1 Å². The first-order valence-electron chi connectivity index (χ1n) is 10.1. The molecular weight excluding hydrogens is 468 g/mol. The number of fused-ring (bicyclic) bond motifs is 1. The van der Waals surface area contributed by atoms with E-state index in [2.05, 4.69) is 26.5 Å². The van der Waals surface area contributed by atoms with E-state index < -0.39 is 0 Å². The molecule has 4 aromatic rings. The van der Waals surface area contributed by atoms with Crippen LogP contribution in [-0.2, 0) is 11.4 Å². The molecule has 0 unspecified atom stereocenters. The van der Waals surface area contributed by atoms with Crippen LogP contribution >= 0.6 is 15.9 Å². The van der Waals surface area contributed by atoms with Crippen molar-refractivity contribution in [2.24, 2.45) is 5.10 Å². The van der Waals surface area contributed by atoms with Gasteiger partial charge >= 0.3 is 0 Å². The number of carbonyl (C=O) groups is 1. The summed E-state index contributed by atoms with van der Waals surface area (Å²) in [5, 5.41) is 6.13. The molecule has 0 fully saturated rings. The average molecular weight is 489 g/mol. The van der Waals surface area contributed by atoms with Crippen molar-refractivity contribution in [1.29, 1.82) is 0 Å². The minimum Gasteiger partial charge on any atom is -0.489 e. The molecule has 0 atom stereocenters. The number of benzene rings is 4. The first kappa shape index (κ1) is 21.6. The summed E-state index contributed by atoms with van der Waals surface area (Å²) in [6.07, 6.45) is 1.57. The molecule has 0 bridgehead atoms. The van der Waals surface area contributed by atoms with Crippen molar-refractivity contribution < 1.29 is 14.3 Å². The first-order chi connectivity index (χ1) is 15.7. The van der Waals surface area contributed by atoms with Crippen LogP contribution in [0.5, 0.6) is 11.5 Å². The first-order valence-corrected chi connectivity index (χ1v) is 10.9. The van der Waals surface area contributed by atoms with Crippen molar-refractivity contribution in [3.63, 3.8) is 0 Å². The number of nitrogens with zero attached hydrogens (tertiary/aromatic N) is 1. The highest BCUT2D eigenvalue weighted by atomic mass is 79.9. The Balaban J connectivity index is 1.28. The summed E-state index contributed by atoms with van der Waals surface area (Å²) in [5.74, 6) is 0.984. The predicted octanol–water partition coefficient (Wildman–Crippen LogP) is 5.71. The Hall–Kier alpha value is -3.64. The predicted molar refractivity (Wildman–Crippen MR) is 130 cm³/mol. The fourth-order valence-corrected chi connectivity index (χ4v) is 3.71. The highest BCUT2D eigenvalue weighted by molar-refractivity contribution is 9.10. The van der Waals surface area contributed by atoms with Crippen molar-refractivity contribution in [3.05, 3.63) is 107 Å². The molecule has 5 nitrogen and oxygen atoms in total. The van der Waals surface area contributed by atoms with Gasteiger partial charge in [0, 0.05) is 0 Å². The van der Waals surface area contributed by atoms with Gasteiger partial charge < -0.3 is 9.47 Å². The molecule has 0 aliphatic carbocycles. The fraction of sp³-hybridized carbons (Fsp3) is 0.0769. The van der Waals surface area contributed by atoms with Gasteiger partial charge in [-0.1, -0.05) is 72.8 Å². The van der Waals surface area contributed by atoms with Crippen molar-refractivity contribution >= 4 is 38.8 Å². The number of ether oxygens (including phenoxy) is 2. The number of carbonyl (C=O) groups excluding carboxylic acids is 1. The van der Waals surface area contributed by atoms with Gasteiger partial charge in [0.25, 0.3) is 5.91 Å². The minimum atomic E-state index is -0.349. The Kier molecular flexibility index (Phi) is 7.15. The van der Waals surface area contributed by atoms with E-state index in [1.165, 1.54) is 0 Å². The van der Waals surface area contributed by atoms with E-state index in [1.54, 1.807) is 6.21 Å². The Morgan fingerprint density at radius 2 is 1.72 bits per heavy atom. The van der Waals surface area contributed by atoms with Crippen molar-refractivity contribution in [3.8, 4) is 11.5 Å². The van der Waals surface area contributed by atoms with Crippen molar-refractivity contribution in [1.82, 2.24) is 5.43 Å². The summed E-state index contributed by atoms with van der Waals surface area (Å²) in [6, 6.07) is 29.2. The van der Waals surface area contributed by atoms with E-state index in [0.29, 0.717) is 12.4 Å². The van der Waals surface area contributed by atoms with Gasteiger partial charge in [0.05, 0.1) is 10.7 Å². The lowest BCUT2D eigenvalue weighted by Gasteiger charge is -2.09. The fourth-order valence-electron chi connectivity index (χ4n) is 3.10.